The molecule has 0 aliphatic heterocycles. The summed E-state index contributed by atoms with van der Waals surface area (Å²) in [5.41, 5.74) is 0.625. The first kappa shape index (κ1) is 12.5. The van der Waals surface area contributed by atoms with Crippen LogP contribution in [-0.2, 0) is 0 Å². The molecule has 1 aliphatic rings. The molecule has 0 amide bonds. The molecule has 0 heterocycles. The number of halogens is 1. The molecule has 0 saturated heterocycles. The molecular formula is C13H25Br. The van der Waals surface area contributed by atoms with E-state index in [0.717, 1.165) is 11.8 Å². The van der Waals surface area contributed by atoms with E-state index in [0.29, 0.717) is 10.2 Å². The van der Waals surface area contributed by atoms with Crippen LogP contribution in [0.15, 0.2) is 0 Å². The van der Waals surface area contributed by atoms with Gasteiger partial charge in [-0.05, 0) is 49.4 Å². The van der Waals surface area contributed by atoms with Crippen LogP contribution in [0.3, 0.4) is 0 Å². The van der Waals surface area contributed by atoms with E-state index in [9.17, 15) is 0 Å². The van der Waals surface area contributed by atoms with Crippen molar-refractivity contribution in [3.05, 3.63) is 0 Å². The molecule has 1 saturated carbocycles. The van der Waals surface area contributed by atoms with Crippen molar-refractivity contribution in [3.8, 4) is 0 Å². The Morgan fingerprint density at radius 3 is 2.14 bits per heavy atom. The molecule has 0 nitrogen and oxygen atoms in total. The van der Waals surface area contributed by atoms with Crippen LogP contribution in [0.25, 0.3) is 0 Å². The van der Waals surface area contributed by atoms with E-state index in [-0.39, 0.29) is 0 Å². The molecule has 2 atom stereocenters. The lowest BCUT2D eigenvalue weighted by atomic mass is 9.71. The number of hydrogen-bond donors (Lipinski definition) is 0. The minimum absolute atomic E-state index is 0.625. The summed E-state index contributed by atoms with van der Waals surface area (Å²) in [4.78, 5) is 0.678. The minimum atomic E-state index is 0.625. The van der Waals surface area contributed by atoms with Gasteiger partial charge in [0.15, 0.2) is 0 Å². The third-order valence-corrected chi connectivity index (χ3v) is 4.85. The third kappa shape index (κ3) is 3.92. The zero-order chi connectivity index (χ0) is 10.8. The van der Waals surface area contributed by atoms with E-state index >= 15 is 0 Å². The van der Waals surface area contributed by atoms with Crippen LogP contribution in [0, 0.1) is 17.3 Å². The summed E-state index contributed by atoms with van der Waals surface area (Å²) in [7, 11) is 0. The first-order valence-electron chi connectivity index (χ1n) is 6.05. The number of alkyl halides is 1. The van der Waals surface area contributed by atoms with Gasteiger partial charge in [-0.25, -0.2) is 0 Å². The zero-order valence-electron chi connectivity index (χ0n) is 10.1. The Morgan fingerprint density at radius 2 is 1.71 bits per heavy atom. The highest BCUT2D eigenvalue weighted by Crippen LogP contribution is 2.40. The maximum absolute atomic E-state index is 3.69. The first-order valence-corrected chi connectivity index (χ1v) is 6.96. The second-order valence-electron chi connectivity index (χ2n) is 6.00. The molecule has 2 unspecified atom stereocenters. The predicted octanol–water partition coefficient (Wildman–Crippen LogP) is 5.01. The molecule has 0 spiro atoms. The van der Waals surface area contributed by atoms with Gasteiger partial charge in [-0.1, -0.05) is 43.6 Å². The van der Waals surface area contributed by atoms with Crippen LogP contribution in [0.4, 0.5) is 0 Å². The maximum Gasteiger partial charge on any atom is 0.0143 e. The molecule has 1 heteroatoms. The number of rotatable bonds is 3. The van der Waals surface area contributed by atoms with Gasteiger partial charge in [-0.15, -0.1) is 0 Å². The van der Waals surface area contributed by atoms with Gasteiger partial charge in [0.05, 0.1) is 0 Å². The van der Waals surface area contributed by atoms with Gasteiger partial charge in [0.1, 0.15) is 0 Å². The molecule has 0 aromatic carbocycles. The van der Waals surface area contributed by atoms with E-state index in [4.69, 9.17) is 0 Å². The fraction of sp³-hybridized carbons (Fsp3) is 1.00. The van der Waals surface area contributed by atoms with Gasteiger partial charge < -0.3 is 0 Å². The maximum atomic E-state index is 3.69. The number of hydrogen-bond acceptors (Lipinski definition) is 0. The van der Waals surface area contributed by atoms with Crippen LogP contribution in [0.5, 0.6) is 0 Å². The molecule has 0 aromatic heterocycles. The van der Waals surface area contributed by atoms with Gasteiger partial charge in [-0.3, -0.25) is 0 Å². The average molecular weight is 261 g/mol. The van der Waals surface area contributed by atoms with Gasteiger partial charge in [0.25, 0.3) is 0 Å². The van der Waals surface area contributed by atoms with Crippen molar-refractivity contribution >= 4 is 15.9 Å². The second kappa shape index (κ2) is 5.01. The summed E-state index contributed by atoms with van der Waals surface area (Å²) < 4.78 is 0. The van der Waals surface area contributed by atoms with E-state index < -0.39 is 0 Å². The summed E-state index contributed by atoms with van der Waals surface area (Å²) in [6.07, 6.45) is 7.19. The fourth-order valence-corrected chi connectivity index (χ4v) is 2.62. The lowest BCUT2D eigenvalue weighted by molar-refractivity contribution is 0.173. The Balaban J connectivity index is 2.29. The monoisotopic (exact) mass is 260 g/mol. The van der Waals surface area contributed by atoms with Gasteiger partial charge in [0, 0.05) is 4.83 Å². The fourth-order valence-electron chi connectivity index (χ4n) is 2.41. The molecule has 14 heavy (non-hydrogen) atoms. The third-order valence-electron chi connectivity index (χ3n) is 3.95. The first-order chi connectivity index (χ1) is 6.41. The Hall–Kier alpha value is 0.480. The standard InChI is InChI=1S/C13H25Br/c1-10(11(2)14)9-12-5-7-13(3,4)8-6-12/h10-12H,5-9H2,1-4H3. The van der Waals surface area contributed by atoms with Crippen LogP contribution >= 0.6 is 15.9 Å². The average Bonchev–Trinajstić information content (AvgIpc) is 2.08. The molecule has 84 valence electrons. The summed E-state index contributed by atoms with van der Waals surface area (Å²) in [6, 6.07) is 0. The van der Waals surface area contributed by atoms with Crippen molar-refractivity contribution in [2.75, 3.05) is 0 Å². The SMILES string of the molecule is CC(Br)C(C)CC1CCC(C)(C)CC1. The Kier molecular flexibility index (Phi) is 4.49. The van der Waals surface area contributed by atoms with Crippen molar-refractivity contribution < 1.29 is 0 Å². The van der Waals surface area contributed by atoms with Gasteiger partial charge >= 0.3 is 0 Å². The quantitative estimate of drug-likeness (QED) is 0.626. The van der Waals surface area contributed by atoms with Gasteiger partial charge in [0.2, 0.25) is 0 Å². The molecule has 1 fully saturated rings. The van der Waals surface area contributed by atoms with Crippen molar-refractivity contribution in [1.82, 2.24) is 0 Å². The Morgan fingerprint density at radius 1 is 1.21 bits per heavy atom. The van der Waals surface area contributed by atoms with E-state index in [1.54, 1.807) is 0 Å². The highest BCUT2D eigenvalue weighted by molar-refractivity contribution is 9.09. The molecule has 0 radical (unpaired) electrons. The highest BCUT2D eigenvalue weighted by atomic mass is 79.9. The molecule has 1 aliphatic carbocycles. The normalized spacial score (nSPS) is 27.2. The Bertz CT molecular complexity index is 162. The topological polar surface area (TPSA) is 0 Å². The van der Waals surface area contributed by atoms with Crippen molar-refractivity contribution in [2.45, 2.75) is 64.6 Å². The summed E-state index contributed by atoms with van der Waals surface area (Å²) in [5.74, 6) is 1.83. The van der Waals surface area contributed by atoms with E-state index in [2.05, 4.69) is 43.6 Å². The van der Waals surface area contributed by atoms with Crippen LogP contribution in [0.2, 0.25) is 0 Å². The van der Waals surface area contributed by atoms with Crippen molar-refractivity contribution in [1.29, 1.82) is 0 Å². The molecule has 0 bridgehead atoms. The molecular weight excluding hydrogens is 236 g/mol. The van der Waals surface area contributed by atoms with Crippen LogP contribution in [0.1, 0.15) is 59.8 Å². The molecule has 0 aromatic rings. The lowest BCUT2D eigenvalue weighted by Gasteiger charge is -2.35. The summed E-state index contributed by atoms with van der Waals surface area (Å²) in [6.45, 7) is 9.48. The summed E-state index contributed by atoms with van der Waals surface area (Å²) >= 11 is 3.69. The largest absolute Gasteiger partial charge is 0.0891 e. The minimum Gasteiger partial charge on any atom is -0.0891 e. The molecule has 0 N–H and O–H groups in total. The summed E-state index contributed by atoms with van der Waals surface area (Å²) in [5, 5.41) is 0. The zero-order valence-corrected chi connectivity index (χ0v) is 11.7. The smallest absolute Gasteiger partial charge is 0.0143 e. The van der Waals surface area contributed by atoms with Crippen molar-refractivity contribution in [2.24, 2.45) is 17.3 Å². The van der Waals surface area contributed by atoms with E-state index in [1.165, 1.54) is 32.1 Å². The predicted molar refractivity (Wildman–Crippen MR) is 67.9 cm³/mol. The highest BCUT2D eigenvalue weighted by Gasteiger charge is 2.27. The van der Waals surface area contributed by atoms with Crippen LogP contribution < -0.4 is 0 Å². The molecule has 1 rings (SSSR count). The lowest BCUT2D eigenvalue weighted by Crippen LogP contribution is -2.23. The Labute approximate surface area is 98.0 Å². The van der Waals surface area contributed by atoms with Crippen LogP contribution in [-0.4, -0.2) is 4.83 Å². The van der Waals surface area contributed by atoms with E-state index in [1.807, 2.05) is 0 Å². The second-order valence-corrected chi connectivity index (χ2v) is 7.44. The van der Waals surface area contributed by atoms with Gasteiger partial charge in [-0.2, -0.15) is 0 Å². The van der Waals surface area contributed by atoms with Crippen molar-refractivity contribution in [3.63, 3.8) is 0 Å².